The summed E-state index contributed by atoms with van der Waals surface area (Å²) in [7, 11) is 0. The Hall–Kier alpha value is -2.69. The summed E-state index contributed by atoms with van der Waals surface area (Å²) >= 11 is 0. The highest BCUT2D eigenvalue weighted by Gasteiger charge is 2.21. The lowest BCUT2D eigenvalue weighted by Crippen LogP contribution is -2.28. The van der Waals surface area contributed by atoms with Crippen molar-refractivity contribution in [2.24, 2.45) is 5.73 Å². The van der Waals surface area contributed by atoms with Gasteiger partial charge in [0.15, 0.2) is 0 Å². The predicted octanol–water partition coefficient (Wildman–Crippen LogP) is 4.27. The lowest BCUT2D eigenvalue weighted by Gasteiger charge is -2.12. The van der Waals surface area contributed by atoms with Gasteiger partial charge in [0.25, 0.3) is 0 Å². The van der Waals surface area contributed by atoms with Crippen LogP contribution in [0.15, 0.2) is 66.7 Å². The van der Waals surface area contributed by atoms with Gasteiger partial charge in [-0.3, -0.25) is 4.79 Å². The Morgan fingerprint density at radius 3 is 2.46 bits per heavy atom. The van der Waals surface area contributed by atoms with Crippen molar-refractivity contribution < 1.29 is 9.18 Å². The van der Waals surface area contributed by atoms with Gasteiger partial charge in [0.05, 0.1) is 0 Å². The highest BCUT2D eigenvalue weighted by atomic mass is 35.5. The molecule has 0 fully saturated rings. The molecule has 0 heterocycles. The average Bonchev–Trinajstić information content (AvgIpc) is 3.09. The third-order valence-electron chi connectivity index (χ3n) is 5.13. The molecule has 0 spiro atoms. The van der Waals surface area contributed by atoms with Crippen molar-refractivity contribution in [2.45, 2.75) is 25.4 Å². The van der Waals surface area contributed by atoms with E-state index in [9.17, 15) is 9.18 Å². The van der Waals surface area contributed by atoms with E-state index in [0.717, 1.165) is 36.1 Å². The van der Waals surface area contributed by atoms with Crippen LogP contribution in [-0.2, 0) is 19.4 Å². The molecule has 28 heavy (non-hydrogen) atoms. The predicted molar refractivity (Wildman–Crippen MR) is 112 cm³/mol. The van der Waals surface area contributed by atoms with E-state index in [4.69, 9.17) is 5.73 Å². The van der Waals surface area contributed by atoms with Crippen molar-refractivity contribution in [3.8, 4) is 11.1 Å². The second-order valence-corrected chi connectivity index (χ2v) is 7.04. The molecule has 4 rings (SSSR count). The molecule has 3 nitrogen and oxygen atoms in total. The summed E-state index contributed by atoms with van der Waals surface area (Å²) in [6, 6.07) is 21.0. The Morgan fingerprint density at radius 2 is 1.71 bits per heavy atom. The minimum atomic E-state index is -0.421. The van der Waals surface area contributed by atoms with Crippen molar-refractivity contribution in [1.29, 1.82) is 0 Å². The number of fused-ring (bicyclic) bond motifs is 1. The van der Waals surface area contributed by atoms with Crippen molar-refractivity contribution >= 4 is 18.3 Å². The van der Waals surface area contributed by atoms with Crippen molar-refractivity contribution in [1.82, 2.24) is 5.32 Å². The van der Waals surface area contributed by atoms with Crippen molar-refractivity contribution in [2.75, 3.05) is 0 Å². The third-order valence-corrected chi connectivity index (χ3v) is 5.13. The molecule has 3 aromatic rings. The molecular formula is C23H22ClFN2O. The number of rotatable bonds is 5. The Bertz CT molecular complexity index is 988. The summed E-state index contributed by atoms with van der Waals surface area (Å²) in [5, 5.41) is 3.56. The van der Waals surface area contributed by atoms with E-state index in [1.807, 2.05) is 24.3 Å². The first kappa shape index (κ1) is 20.1. The molecule has 1 unspecified atom stereocenters. The molecular weight excluding hydrogens is 375 g/mol. The number of primary amides is 1. The number of halogens is 2. The Balaban J connectivity index is 0.00000225. The van der Waals surface area contributed by atoms with Gasteiger partial charge in [-0.2, -0.15) is 0 Å². The molecule has 1 atom stereocenters. The number of carbonyl (C=O) groups is 1. The smallest absolute Gasteiger partial charge is 0.248 e. The van der Waals surface area contributed by atoms with Crippen molar-refractivity contribution in [3.63, 3.8) is 0 Å². The monoisotopic (exact) mass is 396 g/mol. The largest absolute Gasteiger partial charge is 0.366 e. The van der Waals surface area contributed by atoms with Crippen LogP contribution in [0.2, 0.25) is 0 Å². The summed E-state index contributed by atoms with van der Waals surface area (Å²) < 4.78 is 13.3. The van der Waals surface area contributed by atoms with Crippen LogP contribution in [0.5, 0.6) is 0 Å². The molecule has 1 aliphatic rings. The summed E-state index contributed by atoms with van der Waals surface area (Å²) in [6.07, 6.45) is 1.80. The van der Waals surface area contributed by atoms with E-state index in [1.54, 1.807) is 12.1 Å². The van der Waals surface area contributed by atoms with Gasteiger partial charge in [-0.1, -0.05) is 42.5 Å². The number of amides is 1. The molecule has 3 N–H and O–H groups in total. The number of nitrogens with one attached hydrogen (secondary N) is 1. The average molecular weight is 397 g/mol. The molecule has 0 aromatic heterocycles. The maximum absolute atomic E-state index is 13.3. The fraction of sp³-hybridized carbons (Fsp3) is 0.174. The van der Waals surface area contributed by atoms with Gasteiger partial charge in [0.1, 0.15) is 5.82 Å². The fourth-order valence-corrected chi connectivity index (χ4v) is 3.66. The minimum Gasteiger partial charge on any atom is -0.366 e. The van der Waals surface area contributed by atoms with E-state index in [2.05, 4.69) is 29.6 Å². The van der Waals surface area contributed by atoms with Gasteiger partial charge in [-0.05, 0) is 64.9 Å². The van der Waals surface area contributed by atoms with Gasteiger partial charge >= 0.3 is 0 Å². The van der Waals surface area contributed by atoms with E-state index in [1.165, 1.54) is 17.2 Å². The number of nitrogens with two attached hydrogens (primary N) is 1. The van der Waals surface area contributed by atoms with Crippen LogP contribution in [0.4, 0.5) is 4.39 Å². The molecule has 1 amide bonds. The highest BCUT2D eigenvalue weighted by Crippen LogP contribution is 2.24. The Kier molecular flexibility index (Phi) is 6.12. The fourth-order valence-electron chi connectivity index (χ4n) is 3.66. The zero-order valence-corrected chi connectivity index (χ0v) is 16.1. The molecule has 0 saturated heterocycles. The molecule has 0 aliphatic heterocycles. The van der Waals surface area contributed by atoms with Gasteiger partial charge in [-0.25, -0.2) is 4.39 Å². The van der Waals surface area contributed by atoms with Crippen LogP contribution in [0.1, 0.15) is 27.0 Å². The van der Waals surface area contributed by atoms with Crippen molar-refractivity contribution in [3.05, 3.63) is 94.8 Å². The minimum absolute atomic E-state index is 0. The topological polar surface area (TPSA) is 55.1 Å². The highest BCUT2D eigenvalue weighted by molar-refractivity contribution is 5.94. The second-order valence-electron chi connectivity index (χ2n) is 7.04. The lowest BCUT2D eigenvalue weighted by atomic mass is 10.0. The zero-order valence-electron chi connectivity index (χ0n) is 15.3. The van der Waals surface area contributed by atoms with Gasteiger partial charge < -0.3 is 11.1 Å². The molecule has 3 aromatic carbocycles. The van der Waals surface area contributed by atoms with Crippen LogP contribution in [-0.4, -0.2) is 11.9 Å². The first-order chi connectivity index (χ1) is 13.1. The maximum atomic E-state index is 13.3. The summed E-state index contributed by atoms with van der Waals surface area (Å²) in [5.41, 5.74) is 11.4. The van der Waals surface area contributed by atoms with Crippen LogP contribution in [0, 0.1) is 5.82 Å². The van der Waals surface area contributed by atoms with Crippen LogP contribution in [0.3, 0.4) is 0 Å². The second kappa shape index (κ2) is 8.55. The Morgan fingerprint density at radius 1 is 0.964 bits per heavy atom. The zero-order chi connectivity index (χ0) is 18.8. The van der Waals surface area contributed by atoms with E-state index < -0.39 is 5.91 Å². The SMILES string of the molecule is Cl.NC(=O)c1cccc(-c2ccc(CNC3Cc4ccc(F)cc4C3)cc2)c1. The molecule has 5 heteroatoms. The number of carbonyl (C=O) groups excluding carboxylic acids is 1. The van der Waals surface area contributed by atoms with Crippen LogP contribution >= 0.6 is 12.4 Å². The third kappa shape index (κ3) is 4.41. The first-order valence-electron chi connectivity index (χ1n) is 9.08. The van der Waals surface area contributed by atoms with E-state index in [-0.39, 0.29) is 18.2 Å². The van der Waals surface area contributed by atoms with Gasteiger partial charge in [-0.15, -0.1) is 12.4 Å². The van der Waals surface area contributed by atoms with E-state index in [0.29, 0.717) is 11.6 Å². The maximum Gasteiger partial charge on any atom is 0.248 e. The molecule has 0 bridgehead atoms. The van der Waals surface area contributed by atoms with Crippen LogP contribution < -0.4 is 11.1 Å². The first-order valence-corrected chi connectivity index (χ1v) is 9.08. The number of benzene rings is 3. The number of hydrogen-bond donors (Lipinski definition) is 2. The Labute approximate surface area is 170 Å². The van der Waals surface area contributed by atoms with E-state index >= 15 is 0 Å². The normalized spacial score (nSPS) is 15.0. The molecule has 0 saturated carbocycles. The van der Waals surface area contributed by atoms with Gasteiger partial charge in [0, 0.05) is 18.2 Å². The molecule has 144 valence electrons. The van der Waals surface area contributed by atoms with Gasteiger partial charge in [0.2, 0.25) is 5.91 Å². The lowest BCUT2D eigenvalue weighted by molar-refractivity contribution is 0.100. The quantitative estimate of drug-likeness (QED) is 0.676. The molecule has 1 aliphatic carbocycles. The van der Waals surface area contributed by atoms with Crippen LogP contribution in [0.25, 0.3) is 11.1 Å². The summed E-state index contributed by atoms with van der Waals surface area (Å²) in [6.45, 7) is 0.767. The molecule has 0 radical (unpaired) electrons. The standard InChI is InChI=1S/C23H21FN2O.ClH/c24-21-9-8-18-12-22(13-20(18)11-21)26-14-15-4-6-16(7-5-15)17-2-1-3-19(10-17)23(25)27;/h1-11,22,26H,12-14H2,(H2,25,27);1H. The summed E-state index contributed by atoms with van der Waals surface area (Å²) in [5.74, 6) is -0.583. The number of hydrogen-bond acceptors (Lipinski definition) is 2. The summed E-state index contributed by atoms with van der Waals surface area (Å²) in [4.78, 5) is 11.3.